The summed E-state index contributed by atoms with van der Waals surface area (Å²) in [5.74, 6) is 1.75. The second kappa shape index (κ2) is 4.04. The van der Waals surface area contributed by atoms with E-state index in [0.717, 1.165) is 18.6 Å². The minimum atomic E-state index is -0.239. The molecule has 0 bridgehead atoms. The van der Waals surface area contributed by atoms with Gasteiger partial charge in [-0.05, 0) is 12.8 Å². The zero-order chi connectivity index (χ0) is 11.7. The molecule has 3 rings (SSSR count). The van der Waals surface area contributed by atoms with Crippen LogP contribution in [0.3, 0.4) is 0 Å². The smallest absolute Gasteiger partial charge is 0.273 e. The first-order chi connectivity index (χ1) is 8.33. The molecule has 0 atom stereocenters. The Bertz CT molecular complexity index is 513. The van der Waals surface area contributed by atoms with E-state index in [2.05, 4.69) is 20.4 Å². The van der Waals surface area contributed by atoms with Gasteiger partial charge in [-0.2, -0.15) is 0 Å². The second-order valence-corrected chi connectivity index (χ2v) is 4.11. The van der Waals surface area contributed by atoms with Crippen LogP contribution in [0.5, 0.6) is 0 Å². The lowest BCUT2D eigenvalue weighted by atomic mass is 10.3. The summed E-state index contributed by atoms with van der Waals surface area (Å²) in [5, 5.41) is 6.48. The molecule has 0 spiro atoms. The van der Waals surface area contributed by atoms with Gasteiger partial charge < -0.3 is 14.8 Å². The molecule has 0 unspecified atom stereocenters. The van der Waals surface area contributed by atoms with Gasteiger partial charge in [-0.1, -0.05) is 5.16 Å². The van der Waals surface area contributed by atoms with Crippen LogP contribution in [-0.2, 0) is 6.54 Å². The van der Waals surface area contributed by atoms with Crippen LogP contribution in [0.2, 0.25) is 0 Å². The predicted octanol–water partition coefficient (Wildman–Crippen LogP) is 1.21. The molecule has 1 aliphatic rings. The molecular formula is C11H12N4O2. The van der Waals surface area contributed by atoms with Crippen LogP contribution in [0, 0.1) is 0 Å². The zero-order valence-corrected chi connectivity index (χ0v) is 9.14. The van der Waals surface area contributed by atoms with Gasteiger partial charge in [0.1, 0.15) is 11.6 Å². The normalized spacial score (nSPS) is 14.8. The number of H-pyrrole nitrogens is 1. The highest BCUT2D eigenvalue weighted by Gasteiger charge is 2.28. The molecule has 2 aromatic rings. The monoisotopic (exact) mass is 232 g/mol. The number of hydrogen-bond acceptors (Lipinski definition) is 4. The van der Waals surface area contributed by atoms with Crippen LogP contribution in [0.4, 0.5) is 0 Å². The molecule has 0 radical (unpaired) electrons. The van der Waals surface area contributed by atoms with E-state index in [1.54, 1.807) is 18.5 Å². The summed E-state index contributed by atoms with van der Waals surface area (Å²) >= 11 is 0. The van der Waals surface area contributed by atoms with Crippen LogP contribution in [0.25, 0.3) is 0 Å². The molecular weight excluding hydrogens is 220 g/mol. The van der Waals surface area contributed by atoms with E-state index < -0.39 is 0 Å². The van der Waals surface area contributed by atoms with Crippen molar-refractivity contribution in [3.63, 3.8) is 0 Å². The van der Waals surface area contributed by atoms with Crippen LogP contribution < -0.4 is 5.32 Å². The van der Waals surface area contributed by atoms with Gasteiger partial charge in [0.2, 0.25) is 0 Å². The molecule has 2 heterocycles. The van der Waals surface area contributed by atoms with E-state index >= 15 is 0 Å². The fraction of sp³-hybridized carbons (Fsp3) is 0.364. The molecule has 6 heteroatoms. The minimum Gasteiger partial charge on any atom is -0.360 e. The molecule has 2 aromatic heterocycles. The number of aromatic amines is 1. The van der Waals surface area contributed by atoms with Crippen molar-refractivity contribution >= 4 is 5.91 Å². The summed E-state index contributed by atoms with van der Waals surface area (Å²) in [6, 6.07) is 1.72. The van der Waals surface area contributed by atoms with Crippen molar-refractivity contribution < 1.29 is 9.32 Å². The summed E-state index contributed by atoms with van der Waals surface area (Å²) in [6.07, 6.45) is 5.61. The quantitative estimate of drug-likeness (QED) is 0.829. The Labute approximate surface area is 97.4 Å². The molecule has 88 valence electrons. The molecule has 2 N–H and O–H groups in total. The van der Waals surface area contributed by atoms with Gasteiger partial charge in [-0.25, -0.2) is 4.98 Å². The minimum absolute atomic E-state index is 0.239. The van der Waals surface area contributed by atoms with Crippen molar-refractivity contribution in [1.29, 1.82) is 0 Å². The van der Waals surface area contributed by atoms with Crippen molar-refractivity contribution in [2.24, 2.45) is 0 Å². The Morgan fingerprint density at radius 3 is 3.18 bits per heavy atom. The van der Waals surface area contributed by atoms with E-state index in [4.69, 9.17) is 4.52 Å². The Balaban J connectivity index is 1.60. The number of carbonyl (C=O) groups excluding carboxylic acids is 1. The Kier molecular flexibility index (Phi) is 2.40. The van der Waals surface area contributed by atoms with Gasteiger partial charge in [-0.15, -0.1) is 0 Å². The van der Waals surface area contributed by atoms with Crippen molar-refractivity contribution in [1.82, 2.24) is 20.4 Å². The topological polar surface area (TPSA) is 83.8 Å². The van der Waals surface area contributed by atoms with Gasteiger partial charge in [0.25, 0.3) is 5.91 Å². The fourth-order valence-corrected chi connectivity index (χ4v) is 1.61. The molecule has 6 nitrogen and oxygen atoms in total. The van der Waals surface area contributed by atoms with Crippen LogP contribution in [0.1, 0.15) is 40.8 Å². The van der Waals surface area contributed by atoms with Crippen molar-refractivity contribution in [2.45, 2.75) is 25.3 Å². The molecule has 1 fully saturated rings. The van der Waals surface area contributed by atoms with E-state index in [1.807, 2.05) is 0 Å². The maximum absolute atomic E-state index is 11.7. The SMILES string of the molecule is O=C(NCc1ncc[nH]1)c1cc(C2CC2)on1. The highest BCUT2D eigenvalue weighted by atomic mass is 16.5. The highest BCUT2D eigenvalue weighted by Crippen LogP contribution is 2.40. The predicted molar refractivity (Wildman–Crippen MR) is 58.2 cm³/mol. The van der Waals surface area contributed by atoms with Gasteiger partial charge >= 0.3 is 0 Å². The first-order valence-corrected chi connectivity index (χ1v) is 5.56. The van der Waals surface area contributed by atoms with Gasteiger partial charge in [0.15, 0.2) is 5.69 Å². The second-order valence-electron chi connectivity index (χ2n) is 4.11. The molecule has 1 amide bonds. The third kappa shape index (κ3) is 2.20. The highest BCUT2D eigenvalue weighted by molar-refractivity contribution is 5.92. The van der Waals surface area contributed by atoms with Gasteiger partial charge in [0.05, 0.1) is 6.54 Å². The van der Waals surface area contributed by atoms with Crippen LogP contribution in [-0.4, -0.2) is 21.0 Å². The van der Waals surface area contributed by atoms with Crippen molar-refractivity contribution in [3.05, 3.63) is 35.7 Å². The lowest BCUT2D eigenvalue weighted by Crippen LogP contribution is -2.23. The number of rotatable bonds is 4. The van der Waals surface area contributed by atoms with Crippen LogP contribution in [0.15, 0.2) is 23.0 Å². The molecule has 0 aromatic carbocycles. The molecule has 1 aliphatic carbocycles. The Hall–Kier alpha value is -2.11. The van der Waals surface area contributed by atoms with Gasteiger partial charge in [-0.3, -0.25) is 4.79 Å². The lowest BCUT2D eigenvalue weighted by molar-refractivity contribution is 0.0941. The largest absolute Gasteiger partial charge is 0.360 e. The van der Waals surface area contributed by atoms with E-state index in [1.165, 1.54) is 0 Å². The van der Waals surface area contributed by atoms with E-state index in [0.29, 0.717) is 24.0 Å². The third-order valence-electron chi connectivity index (χ3n) is 2.71. The molecule has 1 saturated carbocycles. The third-order valence-corrected chi connectivity index (χ3v) is 2.71. The molecule has 0 aliphatic heterocycles. The molecule has 0 saturated heterocycles. The maximum atomic E-state index is 11.7. The number of aromatic nitrogens is 3. The van der Waals surface area contributed by atoms with Crippen molar-refractivity contribution in [2.75, 3.05) is 0 Å². The first kappa shape index (κ1) is 10.1. The lowest BCUT2D eigenvalue weighted by Gasteiger charge is -1.98. The first-order valence-electron chi connectivity index (χ1n) is 5.56. The fourth-order valence-electron chi connectivity index (χ4n) is 1.61. The number of amides is 1. The summed E-state index contributed by atoms with van der Waals surface area (Å²) < 4.78 is 5.11. The van der Waals surface area contributed by atoms with Crippen molar-refractivity contribution in [3.8, 4) is 0 Å². The number of imidazole rings is 1. The number of nitrogens with zero attached hydrogens (tertiary/aromatic N) is 2. The Morgan fingerprint density at radius 1 is 1.59 bits per heavy atom. The number of carbonyl (C=O) groups is 1. The molecule has 17 heavy (non-hydrogen) atoms. The number of nitrogens with one attached hydrogen (secondary N) is 2. The average Bonchev–Trinajstić information content (AvgIpc) is 2.88. The summed E-state index contributed by atoms with van der Waals surface area (Å²) in [5.41, 5.74) is 0.332. The van der Waals surface area contributed by atoms with Gasteiger partial charge in [0, 0.05) is 24.4 Å². The van der Waals surface area contributed by atoms with Crippen LogP contribution >= 0.6 is 0 Å². The van der Waals surface area contributed by atoms with E-state index in [9.17, 15) is 4.79 Å². The summed E-state index contributed by atoms with van der Waals surface area (Å²) in [6.45, 7) is 0.359. The summed E-state index contributed by atoms with van der Waals surface area (Å²) in [7, 11) is 0. The number of hydrogen-bond donors (Lipinski definition) is 2. The average molecular weight is 232 g/mol. The standard InChI is InChI=1S/C11H12N4O2/c16-11(14-6-10-12-3-4-13-10)8-5-9(17-15-8)7-1-2-7/h3-5,7H,1-2,6H2,(H,12,13)(H,14,16). The summed E-state index contributed by atoms with van der Waals surface area (Å²) in [4.78, 5) is 18.6. The van der Waals surface area contributed by atoms with E-state index in [-0.39, 0.29) is 5.91 Å². The maximum Gasteiger partial charge on any atom is 0.273 e. The zero-order valence-electron chi connectivity index (χ0n) is 9.14. The Morgan fingerprint density at radius 2 is 2.47 bits per heavy atom.